The molecule has 0 radical (unpaired) electrons. The number of alkyl halides is 1. The molecule has 4 heterocycles. The number of hydrogen-bond acceptors (Lipinski definition) is 9. The first kappa shape index (κ1) is 18.6. The maximum absolute atomic E-state index is 9.96. The van der Waals surface area contributed by atoms with E-state index in [1.165, 1.54) is 0 Å². The van der Waals surface area contributed by atoms with E-state index in [2.05, 4.69) is 20.3 Å². The molecule has 9 nitrogen and oxygen atoms in total. The van der Waals surface area contributed by atoms with Gasteiger partial charge in [0.2, 0.25) is 5.88 Å². The van der Waals surface area contributed by atoms with Gasteiger partial charge in [-0.25, -0.2) is 0 Å². The molecule has 0 fully saturated rings. The monoisotopic (exact) mass is 397 g/mol. The summed E-state index contributed by atoms with van der Waals surface area (Å²) >= 11 is 5.59. The third-order valence-corrected chi connectivity index (χ3v) is 3.34. The molecule has 0 aromatic carbocycles. The van der Waals surface area contributed by atoms with E-state index < -0.39 is 7.15 Å². The van der Waals surface area contributed by atoms with Crippen LogP contribution in [-0.2, 0) is 0 Å². The van der Waals surface area contributed by atoms with Crippen molar-refractivity contribution >= 4 is 45.4 Å². The highest BCUT2D eigenvalue weighted by Gasteiger charge is 2.07. The van der Waals surface area contributed by atoms with E-state index in [1.807, 2.05) is 6.92 Å². The second-order valence-corrected chi connectivity index (χ2v) is 5.36. The molecule has 0 saturated carbocycles. The molecule has 0 saturated heterocycles. The average molecular weight is 398 g/mol. The summed E-state index contributed by atoms with van der Waals surface area (Å²) in [6.07, 6.45) is 0.943. The van der Waals surface area contributed by atoms with Crippen LogP contribution >= 0.6 is 11.6 Å². The zero-order valence-corrected chi connectivity index (χ0v) is 15.1. The molecule has 0 aliphatic carbocycles. The van der Waals surface area contributed by atoms with Crippen LogP contribution in [0, 0.1) is 0 Å². The summed E-state index contributed by atoms with van der Waals surface area (Å²) < 4.78 is 30.5. The predicted octanol–water partition coefficient (Wildman–Crippen LogP) is 3.64. The number of pyridine rings is 2. The molecule has 11 heteroatoms. The fourth-order valence-electron chi connectivity index (χ4n) is 1.94. The second-order valence-electron chi connectivity index (χ2n) is 4.97. The van der Waals surface area contributed by atoms with Crippen molar-refractivity contribution in [2.24, 2.45) is 0 Å². The maximum Gasteiger partial charge on any atom is 0.263 e. The summed E-state index contributed by atoms with van der Waals surface area (Å²) in [6.45, 7) is 2.67. The molecular formula is C16H18ClFN6O3. The van der Waals surface area contributed by atoms with Crippen LogP contribution in [0.3, 0.4) is 0 Å². The van der Waals surface area contributed by atoms with Crippen LogP contribution in [0.1, 0.15) is 14.7 Å². The Hall–Kier alpha value is -3.14. The summed E-state index contributed by atoms with van der Waals surface area (Å²) in [5, 5.41) is 8.90. The molecule has 0 aliphatic rings. The summed E-state index contributed by atoms with van der Waals surface area (Å²) in [7, 11) is -1.00. The van der Waals surface area contributed by atoms with Crippen molar-refractivity contribution in [2.45, 2.75) is 13.3 Å². The third-order valence-electron chi connectivity index (χ3n) is 3.13. The van der Waals surface area contributed by atoms with Gasteiger partial charge in [0.15, 0.2) is 11.6 Å². The Morgan fingerprint density at radius 2 is 1.63 bits per heavy atom. The molecule has 0 bridgehead atoms. The van der Waals surface area contributed by atoms with Gasteiger partial charge in [-0.2, -0.15) is 9.97 Å². The fourth-order valence-corrected chi connectivity index (χ4v) is 2.08. The topological polar surface area (TPSA) is 139 Å². The molecule has 4 rings (SSSR count). The number of anilines is 2. The zero-order chi connectivity index (χ0) is 20.5. The van der Waals surface area contributed by atoms with Crippen molar-refractivity contribution in [1.29, 1.82) is 0 Å². The van der Waals surface area contributed by atoms with Gasteiger partial charge in [-0.1, -0.05) is 28.8 Å². The van der Waals surface area contributed by atoms with Gasteiger partial charge in [-0.05, 0) is 24.6 Å². The quantitative estimate of drug-likeness (QED) is 0.495. The minimum absolute atomic E-state index is 0.337. The van der Waals surface area contributed by atoms with Gasteiger partial charge in [-0.3, -0.25) is 4.39 Å². The van der Waals surface area contributed by atoms with Crippen molar-refractivity contribution in [2.75, 3.05) is 25.2 Å². The van der Waals surface area contributed by atoms with Crippen molar-refractivity contribution in [3.05, 3.63) is 29.4 Å². The first-order valence-electron chi connectivity index (χ1n) is 8.38. The fraction of sp³-hybridized carbons (Fsp3) is 0.250. The first-order chi connectivity index (χ1) is 13.5. The molecule has 0 amide bonds. The van der Waals surface area contributed by atoms with E-state index in [9.17, 15) is 4.39 Å². The van der Waals surface area contributed by atoms with Gasteiger partial charge in [0, 0.05) is 6.07 Å². The molecule has 4 aromatic rings. The van der Waals surface area contributed by atoms with Gasteiger partial charge in [0.05, 0.1) is 25.9 Å². The Labute approximate surface area is 159 Å². The molecule has 0 atom stereocenters. The van der Waals surface area contributed by atoms with Crippen molar-refractivity contribution in [1.82, 2.24) is 20.3 Å². The number of hydrogen-bond donors (Lipinski definition) is 2. The SMILES string of the molecule is CCCOc1ccc2c(N)noc2n1.Nc1noc2nc(Cl)ccc12.[2H]CF. The van der Waals surface area contributed by atoms with E-state index in [1.54, 1.807) is 24.3 Å². The van der Waals surface area contributed by atoms with Crippen molar-refractivity contribution in [3.63, 3.8) is 0 Å². The smallest absolute Gasteiger partial charge is 0.263 e. The molecular weight excluding hydrogens is 379 g/mol. The number of fused-ring (bicyclic) bond motifs is 2. The molecule has 0 aliphatic heterocycles. The van der Waals surface area contributed by atoms with Crippen LogP contribution in [0.25, 0.3) is 22.2 Å². The summed E-state index contributed by atoms with van der Waals surface area (Å²) in [5.41, 5.74) is 11.8. The number of rotatable bonds is 3. The van der Waals surface area contributed by atoms with Crippen molar-refractivity contribution in [3.8, 4) is 5.88 Å². The van der Waals surface area contributed by atoms with Gasteiger partial charge in [0.25, 0.3) is 11.4 Å². The first-order valence-corrected chi connectivity index (χ1v) is 8.05. The largest absolute Gasteiger partial charge is 0.478 e. The number of nitrogens with zero attached hydrogens (tertiary/aromatic N) is 4. The predicted molar refractivity (Wildman–Crippen MR) is 100 cm³/mol. The van der Waals surface area contributed by atoms with Crippen LogP contribution < -0.4 is 16.2 Å². The number of nitrogens with two attached hydrogens (primary N) is 2. The van der Waals surface area contributed by atoms with E-state index in [0.29, 0.717) is 51.5 Å². The Morgan fingerprint density at radius 1 is 1.07 bits per heavy atom. The third kappa shape index (κ3) is 4.94. The molecule has 4 N–H and O–H groups in total. The summed E-state index contributed by atoms with van der Waals surface area (Å²) in [4.78, 5) is 7.95. The molecule has 27 heavy (non-hydrogen) atoms. The van der Waals surface area contributed by atoms with Gasteiger partial charge < -0.3 is 25.3 Å². The van der Waals surface area contributed by atoms with Gasteiger partial charge in [0.1, 0.15) is 5.15 Å². The Bertz CT molecular complexity index is 1030. The maximum atomic E-state index is 9.96. The second kappa shape index (κ2) is 9.53. The van der Waals surface area contributed by atoms with Gasteiger partial charge in [-0.15, -0.1) is 0 Å². The minimum atomic E-state index is -1.00. The summed E-state index contributed by atoms with van der Waals surface area (Å²) in [6, 6.07) is 6.90. The Morgan fingerprint density at radius 3 is 2.22 bits per heavy atom. The standard InChI is InChI=1S/C9H11N3O2.C6H4ClN3O.CH3F/c1-2-5-13-7-4-3-6-8(10)12-14-9(6)11-7;7-4-2-1-3-5(8)10-11-6(3)9-4;1-2/h3-4H,2,5H2,1H3,(H2,10,12);1-2H,(H2,8,10);1H3/i;;1D. The van der Waals surface area contributed by atoms with E-state index >= 15 is 0 Å². The van der Waals surface area contributed by atoms with Crippen LogP contribution in [0.4, 0.5) is 16.0 Å². The lowest BCUT2D eigenvalue weighted by atomic mass is 10.3. The lowest BCUT2D eigenvalue weighted by molar-refractivity contribution is 0.304. The molecule has 4 aromatic heterocycles. The van der Waals surface area contributed by atoms with Crippen LogP contribution in [0.2, 0.25) is 5.15 Å². The minimum Gasteiger partial charge on any atom is -0.478 e. The van der Waals surface area contributed by atoms with Crippen LogP contribution in [0.15, 0.2) is 33.3 Å². The lowest BCUT2D eigenvalue weighted by Gasteiger charge is -2.01. The van der Waals surface area contributed by atoms with Crippen molar-refractivity contribution < 1.29 is 19.5 Å². The van der Waals surface area contributed by atoms with E-state index in [4.69, 9.17) is 38.2 Å². The normalized spacial score (nSPS) is 10.6. The number of nitrogen functional groups attached to an aromatic ring is 2. The van der Waals surface area contributed by atoms with E-state index in [0.717, 1.165) is 6.42 Å². The lowest BCUT2D eigenvalue weighted by Crippen LogP contribution is -1.96. The van der Waals surface area contributed by atoms with E-state index in [-0.39, 0.29) is 0 Å². The Kier molecular flexibility index (Phi) is 6.58. The Balaban J connectivity index is 0.000000180. The number of aromatic nitrogens is 4. The average Bonchev–Trinajstić information content (AvgIpc) is 3.24. The molecule has 144 valence electrons. The number of ether oxygens (including phenoxy) is 1. The highest BCUT2D eigenvalue weighted by Crippen LogP contribution is 2.21. The van der Waals surface area contributed by atoms with Gasteiger partial charge >= 0.3 is 0 Å². The molecule has 0 spiro atoms. The van der Waals surface area contributed by atoms with Crippen LogP contribution in [0.5, 0.6) is 5.88 Å². The zero-order valence-electron chi connectivity index (χ0n) is 15.4. The van der Waals surface area contributed by atoms with Crippen LogP contribution in [-0.4, -0.2) is 34.0 Å². The highest BCUT2D eigenvalue weighted by atomic mass is 35.5. The highest BCUT2D eigenvalue weighted by molar-refractivity contribution is 6.29. The molecule has 0 unspecified atom stereocenters. The summed E-state index contributed by atoms with van der Waals surface area (Å²) in [5.74, 6) is 1.23. The number of halogens is 2.